The van der Waals surface area contributed by atoms with Crippen molar-refractivity contribution in [3.8, 4) is 0 Å². The second-order valence-electron chi connectivity index (χ2n) is 8.86. The number of hydrogen-bond acceptors (Lipinski definition) is 2. The van der Waals surface area contributed by atoms with Gasteiger partial charge in [0.15, 0.2) is 5.69 Å². The van der Waals surface area contributed by atoms with Crippen LogP contribution in [0.4, 0.5) is 0 Å². The number of nitrogens with one attached hydrogen (secondary N) is 1. The fraction of sp³-hybridized carbons (Fsp3) is 0.524. The van der Waals surface area contributed by atoms with Crippen molar-refractivity contribution in [3.63, 3.8) is 0 Å². The summed E-state index contributed by atoms with van der Waals surface area (Å²) in [5, 5.41) is 8.04. The van der Waals surface area contributed by atoms with E-state index >= 15 is 0 Å². The van der Waals surface area contributed by atoms with E-state index in [1.165, 1.54) is 28.8 Å². The third-order valence-corrected chi connectivity index (χ3v) is 6.05. The molecule has 1 amide bonds. The summed E-state index contributed by atoms with van der Waals surface area (Å²) < 4.78 is 2.12. The molecule has 0 aliphatic heterocycles. The third-order valence-electron chi connectivity index (χ3n) is 6.05. The summed E-state index contributed by atoms with van der Waals surface area (Å²) in [7, 11) is 0. The summed E-state index contributed by atoms with van der Waals surface area (Å²) in [6, 6.07) is 8.56. The van der Waals surface area contributed by atoms with E-state index in [0.29, 0.717) is 11.6 Å². The zero-order valence-electron chi connectivity index (χ0n) is 15.2. The molecule has 1 N–H and O–H groups in total. The van der Waals surface area contributed by atoms with E-state index in [-0.39, 0.29) is 17.5 Å². The molecule has 4 nitrogen and oxygen atoms in total. The Labute approximate surface area is 148 Å². The first-order valence-electron chi connectivity index (χ1n) is 9.44. The van der Waals surface area contributed by atoms with Gasteiger partial charge in [-0.3, -0.25) is 9.48 Å². The highest BCUT2D eigenvalue weighted by atomic mass is 16.2. The van der Waals surface area contributed by atoms with Crippen molar-refractivity contribution in [1.82, 2.24) is 15.1 Å². The second-order valence-corrected chi connectivity index (χ2v) is 8.86. The normalized spacial score (nSPS) is 26.1. The molecule has 3 aliphatic carbocycles. The van der Waals surface area contributed by atoms with Crippen LogP contribution in [0.3, 0.4) is 0 Å². The van der Waals surface area contributed by atoms with Crippen LogP contribution in [0.25, 0.3) is 0 Å². The highest BCUT2D eigenvalue weighted by Gasteiger charge is 2.51. The lowest BCUT2D eigenvalue weighted by Gasteiger charge is -2.22. The predicted molar refractivity (Wildman–Crippen MR) is 96.7 cm³/mol. The lowest BCUT2D eigenvalue weighted by molar-refractivity contribution is 0.0929. The van der Waals surface area contributed by atoms with Crippen LogP contribution < -0.4 is 5.32 Å². The number of nitrogens with zero attached hydrogens (tertiary/aromatic N) is 2. The van der Waals surface area contributed by atoms with E-state index in [9.17, 15) is 4.79 Å². The van der Waals surface area contributed by atoms with Gasteiger partial charge in [0.05, 0.1) is 11.6 Å². The van der Waals surface area contributed by atoms with Crippen LogP contribution in [0.1, 0.15) is 78.4 Å². The molecule has 0 unspecified atom stereocenters. The maximum atomic E-state index is 13.0. The van der Waals surface area contributed by atoms with Gasteiger partial charge in [-0.15, -0.1) is 0 Å². The van der Waals surface area contributed by atoms with Crippen molar-refractivity contribution in [1.29, 1.82) is 0 Å². The van der Waals surface area contributed by atoms with Gasteiger partial charge < -0.3 is 5.32 Å². The third kappa shape index (κ3) is 2.26. The fourth-order valence-electron chi connectivity index (χ4n) is 4.74. The monoisotopic (exact) mass is 335 g/mol. The Morgan fingerprint density at radius 1 is 1.28 bits per heavy atom. The average molecular weight is 335 g/mol. The standard InChI is InChI=1S/C21H25N3O/c1-21(2,3)24-19-15-10-13(15)11-16(19)18(23-24)20(25)22-17-9-8-12-6-4-5-7-14(12)17/h4-7,13,15,17H,8-11H2,1-3H3,(H,22,25)/t13-,15-,17-/m1/s1. The lowest BCUT2D eigenvalue weighted by Crippen LogP contribution is -2.29. The molecule has 1 aromatic carbocycles. The van der Waals surface area contributed by atoms with Gasteiger partial charge in [-0.25, -0.2) is 0 Å². The van der Waals surface area contributed by atoms with Gasteiger partial charge in [-0.1, -0.05) is 24.3 Å². The molecule has 25 heavy (non-hydrogen) atoms. The fourth-order valence-corrected chi connectivity index (χ4v) is 4.74. The van der Waals surface area contributed by atoms with E-state index in [4.69, 9.17) is 5.10 Å². The number of aromatic nitrogens is 2. The Bertz CT molecular complexity index is 874. The van der Waals surface area contributed by atoms with Gasteiger partial charge >= 0.3 is 0 Å². The molecular formula is C21H25N3O. The molecule has 2 aromatic rings. The van der Waals surface area contributed by atoms with Crippen molar-refractivity contribution in [2.45, 2.75) is 64.0 Å². The van der Waals surface area contributed by atoms with E-state index in [1.54, 1.807) is 0 Å². The van der Waals surface area contributed by atoms with Gasteiger partial charge in [0, 0.05) is 17.2 Å². The number of carbonyl (C=O) groups excluding carboxylic acids is 1. The van der Waals surface area contributed by atoms with E-state index in [1.807, 2.05) is 0 Å². The number of hydrogen-bond donors (Lipinski definition) is 1. The number of benzene rings is 1. The quantitative estimate of drug-likeness (QED) is 0.909. The predicted octanol–water partition coefficient (Wildman–Crippen LogP) is 3.72. The van der Waals surface area contributed by atoms with Crippen LogP contribution in [0.2, 0.25) is 0 Å². The highest BCUT2D eigenvalue weighted by molar-refractivity contribution is 5.94. The molecule has 0 radical (unpaired) electrons. The summed E-state index contributed by atoms with van der Waals surface area (Å²) in [5.41, 5.74) is 5.75. The Balaban J connectivity index is 1.47. The Morgan fingerprint density at radius 3 is 2.88 bits per heavy atom. The van der Waals surface area contributed by atoms with Crippen LogP contribution >= 0.6 is 0 Å². The molecule has 1 saturated carbocycles. The van der Waals surface area contributed by atoms with Gasteiger partial charge in [-0.2, -0.15) is 5.10 Å². The Morgan fingerprint density at radius 2 is 2.08 bits per heavy atom. The topological polar surface area (TPSA) is 46.9 Å². The van der Waals surface area contributed by atoms with Crippen LogP contribution in [0.15, 0.2) is 24.3 Å². The van der Waals surface area contributed by atoms with Crippen molar-refractivity contribution in [2.24, 2.45) is 5.92 Å². The molecule has 0 spiro atoms. The van der Waals surface area contributed by atoms with Crippen molar-refractivity contribution < 1.29 is 4.79 Å². The first-order valence-corrected chi connectivity index (χ1v) is 9.44. The summed E-state index contributed by atoms with van der Waals surface area (Å²) in [6.07, 6.45) is 4.32. The van der Waals surface area contributed by atoms with Crippen molar-refractivity contribution in [3.05, 3.63) is 52.3 Å². The van der Waals surface area contributed by atoms with Crippen molar-refractivity contribution in [2.75, 3.05) is 0 Å². The molecular weight excluding hydrogens is 310 g/mol. The number of rotatable bonds is 2. The van der Waals surface area contributed by atoms with E-state index in [0.717, 1.165) is 25.2 Å². The highest BCUT2D eigenvalue weighted by Crippen LogP contribution is 2.57. The minimum absolute atomic E-state index is 0.00209. The van der Waals surface area contributed by atoms with Crippen LogP contribution in [-0.2, 0) is 18.4 Å². The summed E-state index contributed by atoms with van der Waals surface area (Å²) >= 11 is 0. The maximum absolute atomic E-state index is 13.0. The van der Waals surface area contributed by atoms with Crippen LogP contribution in [-0.4, -0.2) is 15.7 Å². The lowest BCUT2D eigenvalue weighted by atomic mass is 10.1. The van der Waals surface area contributed by atoms with Gasteiger partial charge in [0.1, 0.15) is 0 Å². The molecule has 130 valence electrons. The largest absolute Gasteiger partial charge is 0.344 e. The molecule has 1 fully saturated rings. The molecule has 0 saturated heterocycles. The second kappa shape index (κ2) is 4.96. The molecule has 1 heterocycles. The Kier molecular flexibility index (Phi) is 3.01. The zero-order chi connectivity index (χ0) is 17.3. The maximum Gasteiger partial charge on any atom is 0.272 e. The minimum Gasteiger partial charge on any atom is -0.344 e. The Hall–Kier alpha value is -2.10. The smallest absolute Gasteiger partial charge is 0.272 e. The average Bonchev–Trinajstić information content (AvgIpc) is 2.93. The number of aryl methyl sites for hydroxylation is 1. The molecule has 5 rings (SSSR count). The summed E-state index contributed by atoms with van der Waals surface area (Å²) in [6.45, 7) is 6.51. The van der Waals surface area contributed by atoms with Crippen molar-refractivity contribution >= 4 is 5.91 Å². The minimum atomic E-state index is -0.0833. The summed E-state index contributed by atoms with van der Waals surface area (Å²) in [5.74, 6) is 1.39. The summed E-state index contributed by atoms with van der Waals surface area (Å²) in [4.78, 5) is 13.0. The van der Waals surface area contributed by atoms with Crippen LogP contribution in [0, 0.1) is 5.92 Å². The molecule has 1 aromatic heterocycles. The zero-order valence-corrected chi connectivity index (χ0v) is 15.2. The number of carbonyl (C=O) groups is 1. The number of fused-ring (bicyclic) bond motifs is 4. The molecule has 3 aliphatic rings. The molecule has 0 bridgehead atoms. The van der Waals surface area contributed by atoms with E-state index in [2.05, 4.69) is 55.0 Å². The van der Waals surface area contributed by atoms with Gasteiger partial charge in [0.2, 0.25) is 0 Å². The first kappa shape index (κ1) is 15.2. The molecule has 3 atom stereocenters. The SMILES string of the molecule is CC(C)(C)n1nc(C(=O)N[C@@H]2CCc3ccccc32)c2c1[C@@H]1C[C@@H]1C2. The van der Waals surface area contributed by atoms with Gasteiger partial charge in [0.25, 0.3) is 5.91 Å². The van der Waals surface area contributed by atoms with Gasteiger partial charge in [-0.05, 0) is 63.5 Å². The number of amides is 1. The van der Waals surface area contributed by atoms with Crippen LogP contribution in [0.5, 0.6) is 0 Å². The first-order chi connectivity index (χ1) is 11.9. The molecule has 4 heteroatoms. The van der Waals surface area contributed by atoms with E-state index < -0.39 is 0 Å².